The average Bonchev–Trinajstić information content (AvgIpc) is 3.71. The topological polar surface area (TPSA) is 66.4 Å². The van der Waals surface area contributed by atoms with Crippen LogP contribution in [0.25, 0.3) is 10.1 Å². The lowest BCUT2D eigenvalue weighted by Crippen LogP contribution is -2.65. The molecule has 57 heavy (non-hydrogen) atoms. The Morgan fingerprint density at radius 3 is 1.67 bits per heavy atom. The Bertz CT molecular complexity index is 2280. The predicted molar refractivity (Wildman–Crippen MR) is 226 cm³/mol. The van der Waals surface area contributed by atoms with Gasteiger partial charge in [-0.3, -0.25) is 0 Å². The monoisotopic (exact) mass is 776 g/mol. The van der Waals surface area contributed by atoms with Crippen LogP contribution in [0.3, 0.4) is 0 Å². The van der Waals surface area contributed by atoms with Gasteiger partial charge in [-0.15, -0.1) is 11.3 Å². The van der Waals surface area contributed by atoms with Crippen LogP contribution in [0.15, 0.2) is 170 Å². The summed E-state index contributed by atoms with van der Waals surface area (Å²) in [6, 6.07) is 57.2. The van der Waals surface area contributed by atoms with E-state index in [9.17, 15) is 5.11 Å². The molecule has 1 saturated heterocycles. The molecule has 7 aromatic rings. The highest BCUT2D eigenvalue weighted by molar-refractivity contribution is 7.19. The maximum absolute atomic E-state index is 13.3. The first-order valence-electron chi connectivity index (χ1n) is 19.6. The Balaban J connectivity index is 1.20. The van der Waals surface area contributed by atoms with Crippen molar-refractivity contribution in [1.82, 2.24) is 0 Å². The SMILES string of the molecule is Cc1ccc(Cc2cccc3cc(C4(O)O[C@H](COCc5ccccc5)[C@@H](OCc5ccccc5)[C@H](OCc5ccccc5)[C@H]4OCc4ccccc4)sc23)cc1. The van der Waals surface area contributed by atoms with Gasteiger partial charge in [0, 0.05) is 4.70 Å². The smallest absolute Gasteiger partial charge is 0.232 e. The fraction of sp³-hybridized carbons (Fsp3) is 0.240. The molecule has 1 aliphatic heterocycles. The molecule has 6 nitrogen and oxygen atoms in total. The molecule has 1 fully saturated rings. The normalized spacial score (nSPS) is 20.8. The molecule has 0 amide bonds. The van der Waals surface area contributed by atoms with Crippen LogP contribution in [0.1, 0.15) is 43.8 Å². The van der Waals surface area contributed by atoms with Crippen LogP contribution in [0, 0.1) is 6.92 Å². The molecule has 1 aliphatic rings. The van der Waals surface area contributed by atoms with Gasteiger partial charge in [0.15, 0.2) is 0 Å². The van der Waals surface area contributed by atoms with E-state index < -0.39 is 30.2 Å². The summed E-state index contributed by atoms with van der Waals surface area (Å²) in [6.45, 7) is 3.45. The molecule has 7 heteroatoms. The van der Waals surface area contributed by atoms with Crippen LogP contribution in [0.4, 0.5) is 0 Å². The summed E-state index contributed by atoms with van der Waals surface area (Å²) in [5, 5.41) is 14.3. The molecule has 5 atom stereocenters. The number of hydrogen-bond acceptors (Lipinski definition) is 7. The molecule has 2 heterocycles. The highest BCUT2D eigenvalue weighted by Gasteiger charge is 2.58. The molecule has 0 radical (unpaired) electrons. The molecule has 8 rings (SSSR count). The van der Waals surface area contributed by atoms with Crippen molar-refractivity contribution in [2.45, 2.75) is 70.0 Å². The minimum atomic E-state index is -1.92. The molecule has 1 unspecified atom stereocenters. The van der Waals surface area contributed by atoms with Crippen molar-refractivity contribution in [1.29, 1.82) is 0 Å². The highest BCUT2D eigenvalue weighted by atomic mass is 32.1. The quantitative estimate of drug-likeness (QED) is 0.105. The zero-order chi connectivity index (χ0) is 38.9. The Hall–Kier alpha value is -4.96. The van der Waals surface area contributed by atoms with Crippen LogP contribution in [-0.4, -0.2) is 36.1 Å². The molecule has 1 aromatic heterocycles. The largest absolute Gasteiger partial charge is 0.374 e. The summed E-state index contributed by atoms with van der Waals surface area (Å²) < 4.78 is 35.1. The number of thiophene rings is 1. The van der Waals surface area contributed by atoms with Crippen LogP contribution in [0.5, 0.6) is 0 Å². The van der Waals surface area contributed by atoms with Crippen molar-refractivity contribution in [3.8, 4) is 0 Å². The predicted octanol–water partition coefficient (Wildman–Crippen LogP) is 10.3. The van der Waals surface area contributed by atoms with E-state index in [2.05, 4.69) is 49.4 Å². The lowest BCUT2D eigenvalue weighted by atomic mass is 9.90. The third kappa shape index (κ3) is 9.61. The van der Waals surface area contributed by atoms with Gasteiger partial charge < -0.3 is 28.8 Å². The van der Waals surface area contributed by atoms with E-state index >= 15 is 0 Å². The zero-order valence-corrected chi connectivity index (χ0v) is 32.9. The van der Waals surface area contributed by atoms with Crippen LogP contribution in [-0.2, 0) is 62.3 Å². The van der Waals surface area contributed by atoms with Crippen molar-refractivity contribution < 1.29 is 28.8 Å². The van der Waals surface area contributed by atoms with Crippen molar-refractivity contribution in [3.63, 3.8) is 0 Å². The Morgan fingerprint density at radius 1 is 0.561 bits per heavy atom. The Labute approximate surface area is 339 Å². The fourth-order valence-corrected chi connectivity index (χ4v) is 8.65. The minimum Gasteiger partial charge on any atom is -0.374 e. The van der Waals surface area contributed by atoms with Gasteiger partial charge in [-0.2, -0.15) is 0 Å². The lowest BCUT2D eigenvalue weighted by molar-refractivity contribution is -0.377. The number of fused-ring (bicyclic) bond motifs is 1. The third-order valence-corrected chi connectivity index (χ3v) is 11.8. The second-order valence-electron chi connectivity index (χ2n) is 14.7. The molecule has 0 saturated carbocycles. The molecule has 1 N–H and O–H groups in total. The van der Waals surface area contributed by atoms with Crippen molar-refractivity contribution in [2.75, 3.05) is 6.61 Å². The standard InChI is InChI=1S/C50H48O6S/c1-36-25-27-37(28-26-36)29-42-23-14-24-43-30-45(57-48(42)43)50(51)49(55-34-41-21-12-5-13-22-41)47(54-33-40-19-10-4-11-20-40)46(53-32-39-17-8-3-9-18-39)44(56-50)35-52-31-38-15-6-2-7-16-38/h2-28,30,44,46-47,49,51H,29,31-35H2,1H3/t44-,46-,47+,49-,50?/m1/s1. The second kappa shape index (κ2) is 18.5. The summed E-state index contributed by atoms with van der Waals surface area (Å²) in [5.74, 6) is -1.92. The maximum Gasteiger partial charge on any atom is 0.232 e. The van der Waals surface area contributed by atoms with E-state index in [-0.39, 0.29) is 19.8 Å². The number of benzene rings is 6. The van der Waals surface area contributed by atoms with Gasteiger partial charge in [-0.25, -0.2) is 0 Å². The Kier molecular flexibility index (Phi) is 12.6. The summed E-state index contributed by atoms with van der Waals surface area (Å²) in [7, 11) is 0. The molecule has 290 valence electrons. The van der Waals surface area contributed by atoms with Gasteiger partial charge in [0.25, 0.3) is 0 Å². The highest BCUT2D eigenvalue weighted by Crippen LogP contribution is 2.46. The van der Waals surface area contributed by atoms with Gasteiger partial charge >= 0.3 is 0 Å². The van der Waals surface area contributed by atoms with Crippen molar-refractivity contribution in [3.05, 3.63) is 214 Å². The molecular weight excluding hydrogens is 729 g/mol. The Morgan fingerprint density at radius 2 is 1.09 bits per heavy atom. The number of hydrogen-bond donors (Lipinski definition) is 1. The van der Waals surface area contributed by atoms with Crippen LogP contribution < -0.4 is 0 Å². The van der Waals surface area contributed by atoms with Crippen LogP contribution in [0.2, 0.25) is 0 Å². The number of aryl methyl sites for hydroxylation is 1. The van der Waals surface area contributed by atoms with Gasteiger partial charge in [-0.1, -0.05) is 169 Å². The summed E-state index contributed by atoms with van der Waals surface area (Å²) in [5.41, 5.74) is 7.64. The first-order chi connectivity index (χ1) is 28.0. The zero-order valence-electron chi connectivity index (χ0n) is 32.1. The van der Waals surface area contributed by atoms with E-state index in [1.165, 1.54) is 28.0 Å². The summed E-state index contributed by atoms with van der Waals surface area (Å²) in [4.78, 5) is 0.634. The van der Waals surface area contributed by atoms with Crippen molar-refractivity contribution >= 4 is 21.4 Å². The third-order valence-electron chi connectivity index (χ3n) is 10.4. The lowest BCUT2D eigenvalue weighted by Gasteiger charge is -2.50. The van der Waals surface area contributed by atoms with E-state index in [4.69, 9.17) is 23.7 Å². The number of ether oxygens (including phenoxy) is 5. The number of aliphatic hydroxyl groups is 1. The van der Waals surface area contributed by atoms with E-state index in [1.807, 2.05) is 127 Å². The van der Waals surface area contributed by atoms with E-state index in [0.717, 1.165) is 38.8 Å². The van der Waals surface area contributed by atoms with E-state index in [0.29, 0.717) is 18.1 Å². The summed E-state index contributed by atoms with van der Waals surface area (Å²) in [6.07, 6.45) is -2.38. The summed E-state index contributed by atoms with van der Waals surface area (Å²) >= 11 is 1.54. The van der Waals surface area contributed by atoms with Gasteiger partial charge in [0.05, 0.1) is 37.9 Å². The molecule has 0 spiro atoms. The average molecular weight is 777 g/mol. The van der Waals surface area contributed by atoms with Gasteiger partial charge in [-0.05, 0) is 58.2 Å². The number of rotatable bonds is 16. The molecule has 6 aromatic carbocycles. The molecule has 0 aliphatic carbocycles. The second-order valence-corrected chi connectivity index (χ2v) is 15.8. The minimum absolute atomic E-state index is 0.150. The first kappa shape index (κ1) is 38.9. The van der Waals surface area contributed by atoms with Crippen molar-refractivity contribution in [2.24, 2.45) is 0 Å². The fourth-order valence-electron chi connectivity index (χ4n) is 7.42. The van der Waals surface area contributed by atoms with E-state index in [1.54, 1.807) is 0 Å². The molecule has 0 bridgehead atoms. The first-order valence-corrected chi connectivity index (χ1v) is 20.4. The molecular formula is C50H48O6S. The maximum atomic E-state index is 13.3. The van der Waals surface area contributed by atoms with Gasteiger partial charge in [0.2, 0.25) is 5.79 Å². The van der Waals surface area contributed by atoms with Crippen LogP contribution >= 0.6 is 11.3 Å². The van der Waals surface area contributed by atoms with Gasteiger partial charge in [0.1, 0.15) is 24.4 Å².